The van der Waals surface area contributed by atoms with Crippen LogP contribution in [-0.4, -0.2) is 39.9 Å². The summed E-state index contributed by atoms with van der Waals surface area (Å²) >= 11 is 0. The fraction of sp³-hybridized carbons (Fsp3) is 0.857. The van der Waals surface area contributed by atoms with Crippen molar-refractivity contribution in [3.8, 4) is 0 Å². The third-order valence-corrected chi connectivity index (χ3v) is 1.19. The maximum absolute atomic E-state index is 9.80. The van der Waals surface area contributed by atoms with Crippen LogP contribution in [-0.2, 0) is 18.9 Å². The van der Waals surface area contributed by atoms with Crippen molar-refractivity contribution >= 4 is 6.16 Å². The van der Waals surface area contributed by atoms with Crippen molar-refractivity contribution in [2.24, 2.45) is 0 Å². The Labute approximate surface area is 71.5 Å². The minimum absolute atomic E-state index is 0.0648. The molecule has 0 N–H and O–H groups in total. The van der Waals surface area contributed by atoms with Crippen LogP contribution in [0.25, 0.3) is 0 Å². The molecule has 0 saturated carbocycles. The standard InChI is InChI=1S/C4H10O2.C3H4O3/c1-4(5-2)6-3;4-3-5-1-2-6-3/h4H,1-3H3;1-2H2. The molecule has 0 amide bonds. The van der Waals surface area contributed by atoms with Crippen LogP contribution in [0.3, 0.4) is 0 Å². The molecule has 72 valence electrons. The van der Waals surface area contributed by atoms with Crippen LogP contribution in [0.4, 0.5) is 4.79 Å². The lowest BCUT2D eigenvalue weighted by Crippen LogP contribution is -2.05. The summed E-state index contributed by atoms with van der Waals surface area (Å²) in [7, 11) is 3.21. The van der Waals surface area contributed by atoms with E-state index in [-0.39, 0.29) is 6.29 Å². The van der Waals surface area contributed by atoms with Gasteiger partial charge >= 0.3 is 6.16 Å². The van der Waals surface area contributed by atoms with Gasteiger partial charge in [0.1, 0.15) is 13.2 Å². The van der Waals surface area contributed by atoms with E-state index in [4.69, 9.17) is 0 Å². The van der Waals surface area contributed by atoms with Crippen molar-refractivity contribution in [1.29, 1.82) is 0 Å². The highest BCUT2D eigenvalue weighted by Gasteiger charge is 2.09. The van der Waals surface area contributed by atoms with Crippen LogP contribution >= 0.6 is 0 Å². The van der Waals surface area contributed by atoms with Gasteiger partial charge in [-0.2, -0.15) is 0 Å². The van der Waals surface area contributed by atoms with E-state index in [0.29, 0.717) is 13.2 Å². The van der Waals surface area contributed by atoms with Crippen LogP contribution in [0.5, 0.6) is 0 Å². The van der Waals surface area contributed by atoms with Crippen molar-refractivity contribution < 1.29 is 23.7 Å². The molecule has 0 aromatic rings. The largest absolute Gasteiger partial charge is 0.508 e. The highest BCUT2D eigenvalue weighted by atomic mass is 16.8. The monoisotopic (exact) mass is 178 g/mol. The lowest BCUT2D eigenvalue weighted by atomic mass is 10.8. The predicted octanol–water partition coefficient (Wildman–Crippen LogP) is 0.778. The first-order valence-corrected chi connectivity index (χ1v) is 3.55. The molecule has 1 rings (SSSR count). The molecular formula is C7H14O5. The highest BCUT2D eigenvalue weighted by Crippen LogP contribution is 1.92. The Kier molecular flexibility index (Phi) is 6.41. The summed E-state index contributed by atoms with van der Waals surface area (Å²) in [6.45, 7) is 2.66. The minimum Gasteiger partial charge on any atom is -0.431 e. The first-order chi connectivity index (χ1) is 5.70. The quantitative estimate of drug-likeness (QED) is 0.462. The Morgan fingerprint density at radius 2 is 1.67 bits per heavy atom. The SMILES string of the molecule is COC(C)OC.O=C1OCCO1. The van der Waals surface area contributed by atoms with E-state index in [2.05, 4.69) is 18.9 Å². The van der Waals surface area contributed by atoms with Crippen molar-refractivity contribution in [2.75, 3.05) is 27.4 Å². The van der Waals surface area contributed by atoms with Gasteiger partial charge in [0.05, 0.1) is 0 Å². The van der Waals surface area contributed by atoms with Gasteiger partial charge < -0.3 is 18.9 Å². The van der Waals surface area contributed by atoms with Crippen molar-refractivity contribution in [2.45, 2.75) is 13.2 Å². The fourth-order valence-corrected chi connectivity index (χ4v) is 0.388. The maximum atomic E-state index is 9.80. The zero-order chi connectivity index (χ0) is 9.40. The van der Waals surface area contributed by atoms with E-state index in [9.17, 15) is 4.79 Å². The third-order valence-electron chi connectivity index (χ3n) is 1.19. The van der Waals surface area contributed by atoms with E-state index in [1.807, 2.05) is 6.92 Å². The molecule has 0 bridgehead atoms. The van der Waals surface area contributed by atoms with Crippen LogP contribution < -0.4 is 0 Å². The molecule has 0 radical (unpaired) electrons. The summed E-state index contributed by atoms with van der Waals surface area (Å²) in [5, 5.41) is 0. The molecule has 0 spiro atoms. The molecule has 1 aliphatic rings. The number of methoxy groups -OCH3 is 2. The number of carbonyl (C=O) groups is 1. The zero-order valence-corrected chi connectivity index (χ0v) is 7.53. The average Bonchev–Trinajstić information content (AvgIpc) is 2.55. The lowest BCUT2D eigenvalue weighted by molar-refractivity contribution is -0.0877. The second-order valence-corrected chi connectivity index (χ2v) is 1.99. The van der Waals surface area contributed by atoms with Crippen molar-refractivity contribution in [1.82, 2.24) is 0 Å². The van der Waals surface area contributed by atoms with Crippen molar-refractivity contribution in [3.05, 3.63) is 0 Å². The van der Waals surface area contributed by atoms with Gasteiger partial charge in [-0.15, -0.1) is 0 Å². The molecule has 12 heavy (non-hydrogen) atoms. The average molecular weight is 178 g/mol. The second-order valence-electron chi connectivity index (χ2n) is 1.99. The van der Waals surface area contributed by atoms with Crippen LogP contribution in [0.2, 0.25) is 0 Å². The molecule has 5 heteroatoms. The number of hydrogen-bond donors (Lipinski definition) is 0. The molecule has 1 heterocycles. The van der Waals surface area contributed by atoms with Crippen LogP contribution in [0.15, 0.2) is 0 Å². The molecule has 0 aliphatic carbocycles. The van der Waals surface area contributed by atoms with E-state index >= 15 is 0 Å². The van der Waals surface area contributed by atoms with Gasteiger partial charge in [0, 0.05) is 14.2 Å². The Morgan fingerprint density at radius 3 is 1.75 bits per heavy atom. The maximum Gasteiger partial charge on any atom is 0.508 e. The summed E-state index contributed by atoms with van der Waals surface area (Å²) < 4.78 is 17.9. The molecule has 0 aromatic heterocycles. The van der Waals surface area contributed by atoms with Crippen LogP contribution in [0, 0.1) is 0 Å². The number of rotatable bonds is 2. The molecule has 1 fully saturated rings. The topological polar surface area (TPSA) is 54.0 Å². The van der Waals surface area contributed by atoms with E-state index in [1.165, 1.54) is 0 Å². The Balaban J connectivity index is 0.000000202. The number of carbonyl (C=O) groups excluding carboxylic acids is 1. The minimum atomic E-state index is -0.546. The molecular weight excluding hydrogens is 164 g/mol. The molecule has 0 aromatic carbocycles. The number of hydrogen-bond acceptors (Lipinski definition) is 5. The molecule has 1 saturated heterocycles. The Bertz CT molecular complexity index is 113. The Morgan fingerprint density at radius 1 is 1.25 bits per heavy atom. The van der Waals surface area contributed by atoms with Crippen molar-refractivity contribution in [3.63, 3.8) is 0 Å². The summed E-state index contributed by atoms with van der Waals surface area (Å²) in [6.07, 6.45) is -0.611. The van der Waals surface area contributed by atoms with E-state index < -0.39 is 6.16 Å². The zero-order valence-electron chi connectivity index (χ0n) is 7.53. The normalized spacial score (nSPS) is 14.8. The molecule has 1 aliphatic heterocycles. The summed E-state index contributed by atoms with van der Waals surface area (Å²) in [6, 6.07) is 0. The third kappa shape index (κ3) is 5.94. The van der Waals surface area contributed by atoms with Gasteiger partial charge in [0.25, 0.3) is 0 Å². The second kappa shape index (κ2) is 6.87. The first-order valence-electron chi connectivity index (χ1n) is 3.55. The first kappa shape index (κ1) is 11.2. The summed E-state index contributed by atoms with van der Waals surface area (Å²) in [5.74, 6) is 0. The summed E-state index contributed by atoms with van der Waals surface area (Å²) in [5.41, 5.74) is 0. The number of ether oxygens (including phenoxy) is 4. The van der Waals surface area contributed by atoms with Gasteiger partial charge in [0.15, 0.2) is 6.29 Å². The molecule has 0 atom stereocenters. The molecule has 0 unspecified atom stereocenters. The van der Waals surface area contributed by atoms with Gasteiger partial charge in [-0.05, 0) is 6.92 Å². The van der Waals surface area contributed by atoms with E-state index in [0.717, 1.165) is 0 Å². The fourth-order valence-electron chi connectivity index (χ4n) is 0.388. The summed E-state index contributed by atoms with van der Waals surface area (Å²) in [4.78, 5) is 9.80. The van der Waals surface area contributed by atoms with Gasteiger partial charge in [-0.25, -0.2) is 4.79 Å². The van der Waals surface area contributed by atoms with Gasteiger partial charge in [-0.1, -0.05) is 0 Å². The predicted molar refractivity (Wildman–Crippen MR) is 40.8 cm³/mol. The van der Waals surface area contributed by atoms with Crippen LogP contribution in [0.1, 0.15) is 6.92 Å². The highest BCUT2D eigenvalue weighted by molar-refractivity contribution is 5.61. The smallest absolute Gasteiger partial charge is 0.431 e. The lowest BCUT2D eigenvalue weighted by Gasteiger charge is -2.03. The number of cyclic esters (lactones) is 2. The van der Waals surface area contributed by atoms with E-state index in [1.54, 1.807) is 14.2 Å². The Hall–Kier alpha value is -0.810. The molecule has 5 nitrogen and oxygen atoms in total. The van der Waals surface area contributed by atoms with Gasteiger partial charge in [0.2, 0.25) is 0 Å². The van der Waals surface area contributed by atoms with Gasteiger partial charge in [-0.3, -0.25) is 0 Å².